The van der Waals surface area contributed by atoms with Gasteiger partial charge in [0.1, 0.15) is 0 Å². The maximum absolute atomic E-state index is 12.2. The fraction of sp³-hybridized carbons (Fsp3) is 0.381. The van der Waals surface area contributed by atoms with Gasteiger partial charge in [-0.1, -0.05) is 44.2 Å². The van der Waals surface area contributed by atoms with Crippen molar-refractivity contribution in [1.29, 1.82) is 0 Å². The molecule has 2 aromatic rings. The molecule has 4 nitrogen and oxygen atoms in total. The lowest BCUT2D eigenvalue weighted by atomic mass is 9.99. The van der Waals surface area contributed by atoms with Gasteiger partial charge in [-0.05, 0) is 48.1 Å². The number of ether oxygens (including phenoxy) is 2. The Kier molecular flexibility index (Phi) is 5.27. The predicted molar refractivity (Wildman–Crippen MR) is 98.0 cm³/mol. The first-order chi connectivity index (χ1) is 12.0. The van der Waals surface area contributed by atoms with Crippen molar-refractivity contribution in [2.45, 2.75) is 45.6 Å². The van der Waals surface area contributed by atoms with Crippen molar-refractivity contribution in [3.8, 4) is 11.5 Å². The number of hydrogen-bond acceptors (Lipinski definition) is 3. The molecule has 0 aromatic heterocycles. The van der Waals surface area contributed by atoms with Crippen LogP contribution in [0.1, 0.15) is 55.8 Å². The Morgan fingerprint density at radius 1 is 1.00 bits per heavy atom. The summed E-state index contributed by atoms with van der Waals surface area (Å²) >= 11 is 0. The van der Waals surface area contributed by atoms with Crippen LogP contribution in [-0.2, 0) is 11.2 Å². The van der Waals surface area contributed by atoms with E-state index >= 15 is 0 Å². The minimum absolute atomic E-state index is 0.00506. The Bertz CT molecular complexity index is 737. The van der Waals surface area contributed by atoms with Crippen LogP contribution in [0.5, 0.6) is 11.5 Å². The maximum atomic E-state index is 12.2. The van der Waals surface area contributed by atoms with Gasteiger partial charge in [0.15, 0.2) is 11.5 Å². The van der Waals surface area contributed by atoms with E-state index in [0.717, 1.165) is 22.6 Å². The monoisotopic (exact) mass is 339 g/mol. The molecule has 1 aliphatic rings. The lowest BCUT2D eigenvalue weighted by molar-refractivity contribution is -0.121. The molecule has 0 aliphatic carbocycles. The molecule has 0 spiro atoms. The van der Waals surface area contributed by atoms with E-state index in [1.165, 1.54) is 5.56 Å². The molecule has 1 N–H and O–H groups in total. The number of hydrogen-bond donors (Lipinski definition) is 1. The highest BCUT2D eigenvalue weighted by Gasteiger charge is 2.14. The predicted octanol–water partition coefficient (Wildman–Crippen LogP) is 4.35. The number of rotatable bonds is 6. The Morgan fingerprint density at radius 3 is 2.40 bits per heavy atom. The fourth-order valence-electron chi connectivity index (χ4n) is 2.92. The van der Waals surface area contributed by atoms with Gasteiger partial charge in [0.05, 0.1) is 6.04 Å². The highest BCUT2D eigenvalue weighted by Crippen LogP contribution is 2.32. The zero-order valence-corrected chi connectivity index (χ0v) is 15.0. The van der Waals surface area contributed by atoms with Crippen LogP contribution in [0, 0.1) is 0 Å². The van der Waals surface area contributed by atoms with Gasteiger partial charge in [-0.2, -0.15) is 0 Å². The summed E-state index contributed by atoms with van der Waals surface area (Å²) in [5.41, 5.74) is 3.51. The summed E-state index contributed by atoms with van der Waals surface area (Å²) in [6, 6.07) is 14.3. The molecule has 1 atom stereocenters. The topological polar surface area (TPSA) is 47.6 Å². The number of fused-ring (bicyclic) bond motifs is 1. The molecular formula is C21H25NO3. The Balaban J connectivity index is 1.51. The summed E-state index contributed by atoms with van der Waals surface area (Å²) in [5.74, 6) is 2.10. The lowest BCUT2D eigenvalue weighted by Gasteiger charge is -2.15. The third kappa shape index (κ3) is 4.32. The molecule has 3 rings (SSSR count). The molecule has 1 aliphatic heterocycles. The zero-order chi connectivity index (χ0) is 17.8. The molecule has 0 radical (unpaired) electrons. The largest absolute Gasteiger partial charge is 0.454 e. The summed E-state index contributed by atoms with van der Waals surface area (Å²) in [7, 11) is 0. The van der Waals surface area contributed by atoms with E-state index in [-0.39, 0.29) is 18.7 Å². The minimum atomic E-state index is 0.00506. The summed E-state index contributed by atoms with van der Waals surface area (Å²) in [6.07, 6.45) is 1.13. The van der Waals surface area contributed by atoms with Crippen LogP contribution in [0.15, 0.2) is 42.5 Å². The van der Waals surface area contributed by atoms with Crippen molar-refractivity contribution in [1.82, 2.24) is 5.32 Å². The van der Waals surface area contributed by atoms with E-state index in [4.69, 9.17) is 9.47 Å². The lowest BCUT2D eigenvalue weighted by Crippen LogP contribution is -2.26. The summed E-state index contributed by atoms with van der Waals surface area (Å²) in [5, 5.41) is 3.07. The molecular weight excluding hydrogens is 314 g/mol. The van der Waals surface area contributed by atoms with Gasteiger partial charge in [-0.3, -0.25) is 4.79 Å². The van der Waals surface area contributed by atoms with Crippen molar-refractivity contribution < 1.29 is 14.3 Å². The zero-order valence-electron chi connectivity index (χ0n) is 15.0. The molecule has 1 heterocycles. The van der Waals surface area contributed by atoms with Crippen LogP contribution in [0.4, 0.5) is 0 Å². The normalized spacial score (nSPS) is 13.8. The molecule has 0 fully saturated rings. The SMILES string of the molecule is CC(C)c1ccc([C@H](C)NC(=O)CCc2ccc3c(c2)OCO3)cc1. The van der Waals surface area contributed by atoms with Gasteiger partial charge < -0.3 is 14.8 Å². The van der Waals surface area contributed by atoms with Gasteiger partial charge in [0.25, 0.3) is 0 Å². The molecule has 132 valence electrons. The van der Waals surface area contributed by atoms with Gasteiger partial charge in [-0.15, -0.1) is 0 Å². The summed E-state index contributed by atoms with van der Waals surface area (Å²) in [4.78, 5) is 12.2. The van der Waals surface area contributed by atoms with E-state index in [9.17, 15) is 4.79 Å². The third-order valence-corrected chi connectivity index (χ3v) is 4.56. The first-order valence-corrected chi connectivity index (χ1v) is 8.80. The number of aryl methyl sites for hydroxylation is 1. The highest BCUT2D eigenvalue weighted by atomic mass is 16.7. The number of carbonyl (C=O) groups excluding carboxylic acids is 1. The second-order valence-corrected chi connectivity index (χ2v) is 6.80. The molecule has 2 aromatic carbocycles. The highest BCUT2D eigenvalue weighted by molar-refractivity contribution is 5.76. The number of benzene rings is 2. The average Bonchev–Trinajstić information content (AvgIpc) is 3.07. The molecule has 4 heteroatoms. The van der Waals surface area contributed by atoms with E-state index in [0.29, 0.717) is 18.8 Å². The summed E-state index contributed by atoms with van der Waals surface area (Å²) < 4.78 is 10.7. The van der Waals surface area contributed by atoms with E-state index in [1.807, 2.05) is 25.1 Å². The second-order valence-electron chi connectivity index (χ2n) is 6.80. The van der Waals surface area contributed by atoms with Gasteiger partial charge in [-0.25, -0.2) is 0 Å². The number of amides is 1. The van der Waals surface area contributed by atoms with Crippen molar-refractivity contribution in [3.05, 3.63) is 59.2 Å². The van der Waals surface area contributed by atoms with Crippen LogP contribution >= 0.6 is 0 Å². The molecule has 0 saturated heterocycles. The fourth-order valence-corrected chi connectivity index (χ4v) is 2.92. The van der Waals surface area contributed by atoms with E-state index in [1.54, 1.807) is 0 Å². The van der Waals surface area contributed by atoms with Crippen LogP contribution in [0.25, 0.3) is 0 Å². The van der Waals surface area contributed by atoms with Crippen LogP contribution < -0.4 is 14.8 Å². The van der Waals surface area contributed by atoms with Crippen LogP contribution in [0.2, 0.25) is 0 Å². The van der Waals surface area contributed by atoms with Crippen molar-refractivity contribution in [2.75, 3.05) is 6.79 Å². The molecule has 0 saturated carbocycles. The Labute approximate surface area is 149 Å². The van der Waals surface area contributed by atoms with Gasteiger partial charge in [0.2, 0.25) is 12.7 Å². The van der Waals surface area contributed by atoms with Gasteiger partial charge in [0, 0.05) is 6.42 Å². The van der Waals surface area contributed by atoms with E-state index in [2.05, 4.69) is 43.4 Å². The van der Waals surface area contributed by atoms with Crippen molar-refractivity contribution >= 4 is 5.91 Å². The van der Waals surface area contributed by atoms with Crippen LogP contribution in [0.3, 0.4) is 0 Å². The standard InChI is InChI=1S/C21H25NO3/c1-14(2)17-6-8-18(9-7-17)15(3)22-21(23)11-5-16-4-10-19-20(12-16)25-13-24-19/h4,6-10,12,14-15H,5,11,13H2,1-3H3,(H,22,23)/t15-/m0/s1. The molecule has 0 unspecified atom stereocenters. The smallest absolute Gasteiger partial charge is 0.231 e. The molecule has 25 heavy (non-hydrogen) atoms. The maximum Gasteiger partial charge on any atom is 0.231 e. The molecule has 1 amide bonds. The van der Waals surface area contributed by atoms with Crippen LogP contribution in [-0.4, -0.2) is 12.7 Å². The van der Waals surface area contributed by atoms with E-state index < -0.39 is 0 Å². The minimum Gasteiger partial charge on any atom is -0.454 e. The quantitative estimate of drug-likeness (QED) is 0.851. The molecule has 0 bridgehead atoms. The third-order valence-electron chi connectivity index (χ3n) is 4.56. The number of carbonyl (C=O) groups is 1. The average molecular weight is 339 g/mol. The summed E-state index contributed by atoms with van der Waals surface area (Å²) in [6.45, 7) is 6.64. The first kappa shape index (κ1) is 17.3. The van der Waals surface area contributed by atoms with Gasteiger partial charge >= 0.3 is 0 Å². The van der Waals surface area contributed by atoms with Crippen molar-refractivity contribution in [2.24, 2.45) is 0 Å². The second kappa shape index (κ2) is 7.60. The first-order valence-electron chi connectivity index (χ1n) is 8.80. The van der Waals surface area contributed by atoms with Crippen molar-refractivity contribution in [3.63, 3.8) is 0 Å². The Morgan fingerprint density at radius 2 is 1.68 bits per heavy atom. The Hall–Kier alpha value is -2.49. The number of nitrogens with one attached hydrogen (secondary N) is 1.